The number of anilines is 1. The average Bonchev–Trinajstić information content (AvgIpc) is 2.73. The van der Waals surface area contributed by atoms with E-state index in [4.69, 9.17) is 9.47 Å². The van der Waals surface area contributed by atoms with Gasteiger partial charge in [-0.15, -0.1) is 0 Å². The summed E-state index contributed by atoms with van der Waals surface area (Å²) in [6.07, 6.45) is 8.78. The molecule has 0 aliphatic heterocycles. The number of amides is 1. The lowest BCUT2D eigenvalue weighted by Gasteiger charge is -2.57. The Morgan fingerprint density at radius 1 is 0.900 bits per heavy atom. The molecule has 4 fully saturated rings. The lowest BCUT2D eigenvalue weighted by molar-refractivity contribution is -0.115. The average molecular weight is 406 g/mol. The van der Waals surface area contributed by atoms with E-state index in [2.05, 4.69) is 29.6 Å². The predicted molar refractivity (Wildman–Crippen MR) is 118 cm³/mol. The SMILES string of the molecule is COc1ccc(CC(=O)Nc2ccc(C34CC5CC(CC(C5)C3)C4)cc2)cc1OC. The second-order valence-corrected chi connectivity index (χ2v) is 9.69. The Kier molecular flexibility index (Phi) is 4.96. The van der Waals surface area contributed by atoms with Gasteiger partial charge in [-0.2, -0.15) is 0 Å². The van der Waals surface area contributed by atoms with Gasteiger partial charge in [-0.1, -0.05) is 18.2 Å². The highest BCUT2D eigenvalue weighted by molar-refractivity contribution is 5.92. The van der Waals surface area contributed by atoms with Gasteiger partial charge < -0.3 is 14.8 Å². The molecule has 1 amide bonds. The summed E-state index contributed by atoms with van der Waals surface area (Å²) in [6, 6.07) is 14.3. The van der Waals surface area contributed by atoms with Crippen molar-refractivity contribution in [2.45, 2.75) is 50.4 Å². The zero-order valence-corrected chi connectivity index (χ0v) is 17.9. The third-order valence-corrected chi connectivity index (χ3v) is 7.63. The van der Waals surface area contributed by atoms with Crippen LogP contribution in [0.5, 0.6) is 11.5 Å². The third kappa shape index (κ3) is 3.57. The summed E-state index contributed by atoms with van der Waals surface area (Å²) in [6.45, 7) is 0. The minimum Gasteiger partial charge on any atom is -0.493 e. The molecule has 4 heteroatoms. The summed E-state index contributed by atoms with van der Waals surface area (Å²) in [7, 11) is 3.21. The van der Waals surface area contributed by atoms with Crippen LogP contribution in [0.4, 0.5) is 5.69 Å². The van der Waals surface area contributed by atoms with Gasteiger partial charge in [0.2, 0.25) is 5.91 Å². The molecular weight excluding hydrogens is 374 g/mol. The van der Waals surface area contributed by atoms with E-state index in [1.54, 1.807) is 14.2 Å². The summed E-state index contributed by atoms with van der Waals surface area (Å²) in [5.74, 6) is 4.11. The zero-order valence-electron chi connectivity index (χ0n) is 17.9. The Balaban J connectivity index is 1.25. The maximum Gasteiger partial charge on any atom is 0.228 e. The molecule has 30 heavy (non-hydrogen) atoms. The van der Waals surface area contributed by atoms with Gasteiger partial charge in [-0.3, -0.25) is 4.79 Å². The second-order valence-electron chi connectivity index (χ2n) is 9.69. The van der Waals surface area contributed by atoms with E-state index in [1.165, 1.54) is 44.1 Å². The largest absolute Gasteiger partial charge is 0.493 e. The van der Waals surface area contributed by atoms with E-state index in [0.29, 0.717) is 23.3 Å². The van der Waals surface area contributed by atoms with E-state index in [-0.39, 0.29) is 5.91 Å². The topological polar surface area (TPSA) is 47.6 Å². The summed E-state index contributed by atoms with van der Waals surface area (Å²) < 4.78 is 10.6. The van der Waals surface area contributed by atoms with Gasteiger partial charge >= 0.3 is 0 Å². The van der Waals surface area contributed by atoms with Crippen LogP contribution >= 0.6 is 0 Å². The number of methoxy groups -OCH3 is 2. The third-order valence-electron chi connectivity index (χ3n) is 7.63. The Morgan fingerprint density at radius 3 is 2.07 bits per heavy atom. The van der Waals surface area contributed by atoms with Crippen LogP contribution in [0.1, 0.15) is 49.7 Å². The van der Waals surface area contributed by atoms with Crippen molar-refractivity contribution in [3.05, 3.63) is 53.6 Å². The molecule has 0 saturated heterocycles. The van der Waals surface area contributed by atoms with Crippen molar-refractivity contribution in [3.63, 3.8) is 0 Å². The fraction of sp³-hybridized carbons (Fsp3) is 0.500. The first-order valence-corrected chi connectivity index (χ1v) is 11.2. The maximum absolute atomic E-state index is 12.6. The van der Waals surface area contributed by atoms with E-state index in [0.717, 1.165) is 29.0 Å². The van der Waals surface area contributed by atoms with Crippen LogP contribution in [0.25, 0.3) is 0 Å². The Labute approximate surface area is 179 Å². The molecule has 158 valence electrons. The van der Waals surface area contributed by atoms with Crippen molar-refractivity contribution < 1.29 is 14.3 Å². The van der Waals surface area contributed by atoms with Crippen molar-refractivity contribution in [2.75, 3.05) is 19.5 Å². The van der Waals surface area contributed by atoms with E-state index in [1.807, 2.05) is 18.2 Å². The fourth-order valence-electron chi connectivity index (χ4n) is 6.75. The number of carbonyl (C=O) groups excluding carboxylic acids is 1. The minimum atomic E-state index is -0.0234. The monoisotopic (exact) mass is 405 g/mol. The van der Waals surface area contributed by atoms with E-state index in [9.17, 15) is 4.79 Å². The molecule has 2 aromatic rings. The zero-order chi connectivity index (χ0) is 20.7. The molecule has 4 saturated carbocycles. The molecule has 0 spiro atoms. The van der Waals surface area contributed by atoms with E-state index < -0.39 is 0 Å². The van der Waals surface area contributed by atoms with Crippen molar-refractivity contribution >= 4 is 11.6 Å². The molecule has 1 N–H and O–H groups in total. The normalized spacial score (nSPS) is 28.9. The molecule has 0 heterocycles. The molecular formula is C26H31NO3. The molecule has 4 nitrogen and oxygen atoms in total. The lowest BCUT2D eigenvalue weighted by atomic mass is 9.48. The van der Waals surface area contributed by atoms with Crippen LogP contribution in [-0.4, -0.2) is 20.1 Å². The van der Waals surface area contributed by atoms with Gasteiger partial charge in [0.05, 0.1) is 20.6 Å². The van der Waals surface area contributed by atoms with E-state index >= 15 is 0 Å². The van der Waals surface area contributed by atoms with Crippen LogP contribution in [0.3, 0.4) is 0 Å². The van der Waals surface area contributed by atoms with Gasteiger partial charge in [-0.25, -0.2) is 0 Å². The number of nitrogens with one attached hydrogen (secondary N) is 1. The maximum atomic E-state index is 12.6. The number of benzene rings is 2. The highest BCUT2D eigenvalue weighted by Crippen LogP contribution is 2.60. The number of hydrogen-bond donors (Lipinski definition) is 1. The van der Waals surface area contributed by atoms with Gasteiger partial charge in [0, 0.05) is 5.69 Å². The molecule has 4 bridgehead atoms. The quantitative estimate of drug-likeness (QED) is 0.704. The van der Waals surface area contributed by atoms with Crippen molar-refractivity contribution in [1.29, 1.82) is 0 Å². The highest BCUT2D eigenvalue weighted by Gasteiger charge is 2.51. The van der Waals surface area contributed by atoms with Crippen molar-refractivity contribution in [3.8, 4) is 11.5 Å². The Morgan fingerprint density at radius 2 is 1.50 bits per heavy atom. The van der Waals surface area contributed by atoms with Crippen LogP contribution < -0.4 is 14.8 Å². The summed E-state index contributed by atoms with van der Waals surface area (Å²) >= 11 is 0. The molecule has 0 unspecified atom stereocenters. The van der Waals surface area contributed by atoms with Gasteiger partial charge in [0.25, 0.3) is 0 Å². The standard InChI is InChI=1S/C26H31NO3/c1-29-23-8-3-17(12-24(23)30-2)13-25(28)27-22-6-4-21(5-7-22)26-14-18-9-19(15-26)11-20(10-18)16-26/h3-8,12,18-20H,9-11,13-16H2,1-2H3,(H,27,28). The molecule has 6 rings (SSSR count). The van der Waals surface area contributed by atoms with Crippen LogP contribution in [-0.2, 0) is 16.6 Å². The Bertz CT molecular complexity index is 899. The van der Waals surface area contributed by atoms with Crippen LogP contribution in [0.2, 0.25) is 0 Å². The van der Waals surface area contributed by atoms with Gasteiger partial charge in [0.1, 0.15) is 0 Å². The van der Waals surface area contributed by atoms with Crippen molar-refractivity contribution in [1.82, 2.24) is 0 Å². The second kappa shape index (κ2) is 7.64. The number of carbonyl (C=O) groups is 1. The highest BCUT2D eigenvalue weighted by atomic mass is 16.5. The molecule has 4 aliphatic carbocycles. The summed E-state index contributed by atoms with van der Waals surface area (Å²) in [4.78, 5) is 12.6. The van der Waals surface area contributed by atoms with Gasteiger partial charge in [-0.05, 0) is 97.1 Å². The first-order valence-electron chi connectivity index (χ1n) is 11.2. The number of rotatable bonds is 6. The van der Waals surface area contributed by atoms with Crippen molar-refractivity contribution in [2.24, 2.45) is 17.8 Å². The summed E-state index contributed by atoms with van der Waals surface area (Å²) in [5, 5.41) is 3.05. The minimum absolute atomic E-state index is 0.0234. The molecule has 4 aliphatic rings. The predicted octanol–water partition coefficient (Wildman–Crippen LogP) is 5.35. The molecule has 0 radical (unpaired) electrons. The smallest absolute Gasteiger partial charge is 0.228 e. The molecule has 0 aromatic heterocycles. The van der Waals surface area contributed by atoms with Crippen LogP contribution in [0.15, 0.2) is 42.5 Å². The Hall–Kier alpha value is -2.49. The molecule has 2 aromatic carbocycles. The first-order chi connectivity index (χ1) is 14.6. The lowest BCUT2D eigenvalue weighted by Crippen LogP contribution is -2.48. The number of hydrogen-bond acceptors (Lipinski definition) is 3. The van der Waals surface area contributed by atoms with Crippen LogP contribution in [0, 0.1) is 17.8 Å². The first kappa shape index (κ1) is 19.5. The fourth-order valence-corrected chi connectivity index (χ4v) is 6.75. The number of ether oxygens (including phenoxy) is 2. The van der Waals surface area contributed by atoms with Gasteiger partial charge in [0.15, 0.2) is 11.5 Å². The molecule has 0 atom stereocenters. The summed E-state index contributed by atoms with van der Waals surface area (Å²) in [5.41, 5.74) is 3.65.